The van der Waals surface area contributed by atoms with E-state index in [1.165, 1.54) is 23.5 Å². The summed E-state index contributed by atoms with van der Waals surface area (Å²) >= 11 is 2.03. The topological polar surface area (TPSA) is 21.3 Å². The van der Waals surface area contributed by atoms with Crippen LogP contribution in [-0.2, 0) is 6.42 Å². The molecular weight excluding hydrogens is 254 g/mol. The fourth-order valence-electron chi connectivity index (χ4n) is 2.20. The molecule has 0 heterocycles. The first kappa shape index (κ1) is 16.4. The van der Waals surface area contributed by atoms with Gasteiger partial charge in [-0.1, -0.05) is 32.0 Å². The van der Waals surface area contributed by atoms with Crippen LogP contribution in [0.3, 0.4) is 0 Å². The van der Waals surface area contributed by atoms with Gasteiger partial charge in [-0.05, 0) is 55.0 Å². The van der Waals surface area contributed by atoms with Crippen molar-refractivity contribution in [1.82, 2.24) is 5.32 Å². The zero-order valence-electron chi connectivity index (χ0n) is 12.4. The fourth-order valence-corrected chi connectivity index (χ4v) is 2.99. The van der Waals surface area contributed by atoms with Crippen molar-refractivity contribution in [3.63, 3.8) is 0 Å². The normalized spacial score (nSPS) is 12.4. The Balaban J connectivity index is 2.58. The van der Waals surface area contributed by atoms with Crippen molar-refractivity contribution in [3.8, 4) is 5.75 Å². The minimum absolute atomic E-state index is 0.690. The van der Waals surface area contributed by atoms with Gasteiger partial charge in [-0.25, -0.2) is 0 Å². The second-order valence-corrected chi connectivity index (χ2v) is 6.07. The van der Waals surface area contributed by atoms with Crippen LogP contribution in [0.15, 0.2) is 24.3 Å². The number of benzene rings is 1. The highest BCUT2D eigenvalue weighted by molar-refractivity contribution is 7.99. The molecule has 108 valence electrons. The van der Waals surface area contributed by atoms with Crippen LogP contribution in [0.2, 0.25) is 0 Å². The van der Waals surface area contributed by atoms with Crippen LogP contribution in [0.1, 0.15) is 25.8 Å². The molecule has 0 saturated heterocycles. The maximum Gasteiger partial charge on any atom is 0.122 e. The van der Waals surface area contributed by atoms with Crippen LogP contribution in [0.4, 0.5) is 0 Å². The van der Waals surface area contributed by atoms with E-state index in [0.29, 0.717) is 5.92 Å². The van der Waals surface area contributed by atoms with E-state index < -0.39 is 0 Å². The van der Waals surface area contributed by atoms with E-state index in [9.17, 15) is 0 Å². The van der Waals surface area contributed by atoms with E-state index in [-0.39, 0.29) is 0 Å². The molecule has 0 aliphatic rings. The van der Waals surface area contributed by atoms with Crippen LogP contribution in [0.25, 0.3) is 0 Å². The molecule has 1 unspecified atom stereocenters. The smallest absolute Gasteiger partial charge is 0.122 e. The number of methoxy groups -OCH3 is 1. The molecule has 0 saturated carbocycles. The van der Waals surface area contributed by atoms with Crippen LogP contribution >= 0.6 is 11.8 Å². The predicted molar refractivity (Wildman–Crippen MR) is 86.3 cm³/mol. The first-order valence-electron chi connectivity index (χ1n) is 7.22. The van der Waals surface area contributed by atoms with Crippen molar-refractivity contribution in [1.29, 1.82) is 0 Å². The largest absolute Gasteiger partial charge is 0.496 e. The molecule has 19 heavy (non-hydrogen) atoms. The van der Waals surface area contributed by atoms with Gasteiger partial charge in [0.2, 0.25) is 0 Å². The van der Waals surface area contributed by atoms with Gasteiger partial charge < -0.3 is 10.1 Å². The third-order valence-electron chi connectivity index (χ3n) is 3.26. The van der Waals surface area contributed by atoms with Gasteiger partial charge in [0.15, 0.2) is 0 Å². The zero-order chi connectivity index (χ0) is 13.9. The van der Waals surface area contributed by atoms with Crippen molar-refractivity contribution in [2.45, 2.75) is 26.7 Å². The summed E-state index contributed by atoms with van der Waals surface area (Å²) in [5.41, 5.74) is 1.33. The van der Waals surface area contributed by atoms with Gasteiger partial charge in [-0.3, -0.25) is 0 Å². The Morgan fingerprint density at radius 1 is 1.26 bits per heavy atom. The van der Waals surface area contributed by atoms with Crippen LogP contribution in [0, 0.1) is 5.92 Å². The number of ether oxygens (including phenoxy) is 1. The fraction of sp³-hybridized carbons (Fsp3) is 0.625. The van der Waals surface area contributed by atoms with E-state index in [1.54, 1.807) is 7.11 Å². The molecule has 2 nitrogen and oxygen atoms in total. The van der Waals surface area contributed by atoms with Gasteiger partial charge in [0.25, 0.3) is 0 Å². The summed E-state index contributed by atoms with van der Waals surface area (Å²) in [4.78, 5) is 0. The van der Waals surface area contributed by atoms with Gasteiger partial charge in [-0.15, -0.1) is 0 Å². The lowest BCUT2D eigenvalue weighted by Crippen LogP contribution is -2.24. The summed E-state index contributed by atoms with van der Waals surface area (Å²) in [6.45, 7) is 6.54. The van der Waals surface area contributed by atoms with E-state index in [0.717, 1.165) is 25.3 Å². The lowest BCUT2D eigenvalue weighted by molar-refractivity contribution is 0.400. The van der Waals surface area contributed by atoms with Gasteiger partial charge in [0.1, 0.15) is 5.75 Å². The summed E-state index contributed by atoms with van der Waals surface area (Å²) in [5, 5.41) is 3.48. The number of nitrogens with one attached hydrogen (secondary N) is 1. The molecule has 1 atom stereocenters. The standard InChI is InChI=1S/C16H27NOS/c1-4-17-13-14(10-11-19-5-2)12-15-8-6-7-9-16(15)18-3/h6-9,14,17H,4-5,10-13H2,1-3H3. The Morgan fingerprint density at radius 3 is 2.74 bits per heavy atom. The Hall–Kier alpha value is -0.670. The molecule has 1 aromatic carbocycles. The molecule has 1 aromatic rings. The van der Waals surface area contributed by atoms with Crippen molar-refractivity contribution in [2.75, 3.05) is 31.7 Å². The molecule has 0 aliphatic heterocycles. The number of hydrogen-bond donors (Lipinski definition) is 1. The third-order valence-corrected chi connectivity index (χ3v) is 4.19. The molecule has 1 N–H and O–H groups in total. The van der Waals surface area contributed by atoms with Gasteiger partial charge in [0, 0.05) is 0 Å². The van der Waals surface area contributed by atoms with Gasteiger partial charge in [-0.2, -0.15) is 11.8 Å². The quantitative estimate of drug-likeness (QED) is 0.662. The average Bonchev–Trinajstić information content (AvgIpc) is 2.45. The average molecular weight is 281 g/mol. The Labute approximate surface area is 122 Å². The summed E-state index contributed by atoms with van der Waals surface area (Å²) < 4.78 is 5.45. The van der Waals surface area contributed by atoms with Crippen LogP contribution in [-0.4, -0.2) is 31.7 Å². The maximum atomic E-state index is 5.45. The minimum atomic E-state index is 0.690. The van der Waals surface area contributed by atoms with Crippen molar-refractivity contribution >= 4 is 11.8 Å². The zero-order valence-corrected chi connectivity index (χ0v) is 13.3. The van der Waals surface area contributed by atoms with E-state index in [2.05, 4.69) is 37.4 Å². The van der Waals surface area contributed by atoms with Crippen molar-refractivity contribution < 1.29 is 4.74 Å². The lowest BCUT2D eigenvalue weighted by atomic mass is 9.96. The Kier molecular flexibility index (Phi) is 8.76. The van der Waals surface area contributed by atoms with Gasteiger partial charge >= 0.3 is 0 Å². The molecule has 0 spiro atoms. The maximum absolute atomic E-state index is 5.45. The highest BCUT2D eigenvalue weighted by Crippen LogP contribution is 2.23. The number of rotatable bonds is 10. The molecule has 0 radical (unpaired) electrons. The first-order chi connectivity index (χ1) is 9.31. The summed E-state index contributed by atoms with van der Waals surface area (Å²) in [6, 6.07) is 8.38. The van der Waals surface area contributed by atoms with Gasteiger partial charge in [0.05, 0.1) is 7.11 Å². The lowest BCUT2D eigenvalue weighted by Gasteiger charge is -2.18. The Morgan fingerprint density at radius 2 is 2.05 bits per heavy atom. The molecule has 1 rings (SSSR count). The first-order valence-corrected chi connectivity index (χ1v) is 8.37. The monoisotopic (exact) mass is 281 g/mol. The van der Waals surface area contributed by atoms with E-state index >= 15 is 0 Å². The Bertz CT molecular complexity index is 343. The number of hydrogen-bond acceptors (Lipinski definition) is 3. The molecular formula is C16H27NOS. The summed E-state index contributed by atoms with van der Waals surface area (Å²) in [6.07, 6.45) is 2.37. The molecule has 0 amide bonds. The van der Waals surface area contributed by atoms with Crippen molar-refractivity contribution in [3.05, 3.63) is 29.8 Å². The summed E-state index contributed by atoms with van der Waals surface area (Å²) in [7, 11) is 1.76. The SMILES string of the molecule is CCNCC(CCSCC)Cc1ccccc1OC. The second-order valence-electron chi connectivity index (χ2n) is 4.68. The highest BCUT2D eigenvalue weighted by Gasteiger charge is 2.12. The van der Waals surface area contributed by atoms with E-state index in [1.807, 2.05) is 17.8 Å². The van der Waals surface area contributed by atoms with E-state index in [4.69, 9.17) is 4.74 Å². The van der Waals surface area contributed by atoms with Crippen LogP contribution < -0.4 is 10.1 Å². The predicted octanol–water partition coefficient (Wildman–Crippen LogP) is 3.61. The highest BCUT2D eigenvalue weighted by atomic mass is 32.2. The minimum Gasteiger partial charge on any atom is -0.496 e. The van der Waals surface area contributed by atoms with Crippen molar-refractivity contribution in [2.24, 2.45) is 5.92 Å². The van der Waals surface area contributed by atoms with Crippen LogP contribution in [0.5, 0.6) is 5.75 Å². The summed E-state index contributed by atoms with van der Waals surface area (Å²) in [5.74, 6) is 4.17. The second kappa shape index (κ2) is 10.2. The molecule has 0 bridgehead atoms. The molecule has 3 heteroatoms. The number of para-hydroxylation sites is 1. The molecule has 0 fully saturated rings. The number of thioether (sulfide) groups is 1. The molecule has 0 aromatic heterocycles. The molecule has 0 aliphatic carbocycles. The third kappa shape index (κ3) is 6.35.